The molecular formula is C23H18ClF3O4. The zero-order valence-electron chi connectivity index (χ0n) is 16.4. The first kappa shape index (κ1) is 22.5. The van der Waals surface area contributed by atoms with Crippen LogP contribution < -0.4 is 9.47 Å². The molecule has 1 unspecified atom stereocenters. The van der Waals surface area contributed by atoms with E-state index in [0.717, 1.165) is 22.9 Å². The van der Waals surface area contributed by atoms with E-state index in [1.54, 1.807) is 43.3 Å². The monoisotopic (exact) mass is 450 g/mol. The van der Waals surface area contributed by atoms with Crippen LogP contribution in [0.5, 0.6) is 17.2 Å². The van der Waals surface area contributed by atoms with Crippen LogP contribution in [0.2, 0.25) is 5.02 Å². The van der Waals surface area contributed by atoms with Crippen LogP contribution in [0.4, 0.5) is 13.2 Å². The summed E-state index contributed by atoms with van der Waals surface area (Å²) >= 11 is 5.96. The largest absolute Gasteiger partial charge is 0.479 e. The Morgan fingerprint density at radius 2 is 1.74 bits per heavy atom. The first-order valence-corrected chi connectivity index (χ1v) is 9.58. The van der Waals surface area contributed by atoms with Gasteiger partial charge in [-0.2, -0.15) is 13.2 Å². The minimum atomic E-state index is -4.49. The fourth-order valence-corrected chi connectivity index (χ4v) is 2.96. The molecule has 0 aliphatic rings. The van der Waals surface area contributed by atoms with Gasteiger partial charge in [0.2, 0.25) is 0 Å². The van der Waals surface area contributed by atoms with Gasteiger partial charge in [-0.05, 0) is 60.2 Å². The van der Waals surface area contributed by atoms with Crippen molar-refractivity contribution in [3.05, 3.63) is 77.8 Å². The van der Waals surface area contributed by atoms with E-state index in [0.29, 0.717) is 11.5 Å². The predicted molar refractivity (Wildman–Crippen MR) is 112 cm³/mol. The highest BCUT2D eigenvalue weighted by Gasteiger charge is 2.31. The lowest BCUT2D eigenvalue weighted by Crippen LogP contribution is -2.26. The number of hydrogen-bond donors (Lipinski definition) is 0. The number of rotatable bonds is 7. The summed E-state index contributed by atoms with van der Waals surface area (Å²) in [5.41, 5.74) is -0.856. The third kappa shape index (κ3) is 5.70. The van der Waals surface area contributed by atoms with E-state index in [2.05, 4.69) is 6.58 Å². The van der Waals surface area contributed by atoms with Crippen LogP contribution in [0.15, 0.2) is 67.3 Å². The summed E-state index contributed by atoms with van der Waals surface area (Å²) in [5, 5.41) is 1.46. The summed E-state index contributed by atoms with van der Waals surface area (Å²) in [7, 11) is 0. The molecule has 0 aliphatic heterocycles. The Hall–Kier alpha value is -3.19. The van der Waals surface area contributed by atoms with Crippen molar-refractivity contribution in [2.45, 2.75) is 19.2 Å². The van der Waals surface area contributed by atoms with Gasteiger partial charge in [-0.25, -0.2) is 4.79 Å². The smallest absolute Gasteiger partial charge is 0.416 e. The standard InChI is InChI=1S/C23H18ClF3O4/c1-3-10-29-22(28)14(2)30-18-7-4-15-5-8-19(12-16(15)11-18)31-21-9-6-17(13-20(21)24)23(25,26)27/h3-9,11-14H,1,10H2,2H3. The first-order chi connectivity index (χ1) is 14.7. The third-order valence-corrected chi connectivity index (χ3v) is 4.55. The van der Waals surface area contributed by atoms with Gasteiger partial charge in [-0.3, -0.25) is 0 Å². The second-order valence-corrected chi connectivity index (χ2v) is 7.00. The van der Waals surface area contributed by atoms with Crippen molar-refractivity contribution in [3.63, 3.8) is 0 Å². The van der Waals surface area contributed by atoms with Gasteiger partial charge in [0.05, 0.1) is 10.6 Å². The maximum absolute atomic E-state index is 12.8. The zero-order chi connectivity index (χ0) is 22.6. The molecule has 0 aliphatic carbocycles. The van der Waals surface area contributed by atoms with Crippen molar-refractivity contribution < 1.29 is 32.2 Å². The SMILES string of the molecule is C=CCOC(=O)C(C)Oc1ccc2ccc(Oc3ccc(C(F)(F)F)cc3Cl)cc2c1. The average molecular weight is 451 g/mol. The van der Waals surface area contributed by atoms with E-state index >= 15 is 0 Å². The fourth-order valence-electron chi connectivity index (χ4n) is 2.74. The highest BCUT2D eigenvalue weighted by Crippen LogP contribution is 2.37. The molecule has 0 fully saturated rings. The number of hydrogen-bond acceptors (Lipinski definition) is 4. The van der Waals surface area contributed by atoms with E-state index in [-0.39, 0.29) is 17.4 Å². The van der Waals surface area contributed by atoms with Crippen LogP contribution in [-0.4, -0.2) is 18.7 Å². The van der Waals surface area contributed by atoms with E-state index in [9.17, 15) is 18.0 Å². The van der Waals surface area contributed by atoms with Crippen LogP contribution >= 0.6 is 11.6 Å². The van der Waals surface area contributed by atoms with E-state index < -0.39 is 23.8 Å². The lowest BCUT2D eigenvalue weighted by molar-refractivity contribution is -0.149. The van der Waals surface area contributed by atoms with Gasteiger partial charge in [-0.15, -0.1) is 0 Å². The summed E-state index contributed by atoms with van der Waals surface area (Å²) in [6.07, 6.45) is -3.84. The van der Waals surface area contributed by atoms with Crippen molar-refractivity contribution in [2.75, 3.05) is 6.61 Å². The Morgan fingerprint density at radius 1 is 1.06 bits per heavy atom. The predicted octanol–water partition coefficient (Wildman–Crippen LogP) is 6.80. The quantitative estimate of drug-likeness (QED) is 0.293. The molecular weight excluding hydrogens is 433 g/mol. The number of halogens is 4. The molecule has 0 saturated heterocycles. The van der Waals surface area contributed by atoms with Crippen molar-refractivity contribution in [3.8, 4) is 17.2 Å². The molecule has 3 aromatic rings. The van der Waals surface area contributed by atoms with Crippen molar-refractivity contribution in [1.29, 1.82) is 0 Å². The van der Waals surface area contributed by atoms with Gasteiger partial charge >= 0.3 is 12.1 Å². The van der Waals surface area contributed by atoms with Gasteiger partial charge in [-0.1, -0.05) is 36.4 Å². The minimum absolute atomic E-state index is 0.0947. The number of alkyl halides is 3. The molecule has 162 valence electrons. The Bertz CT molecular complexity index is 1110. The average Bonchev–Trinajstić information content (AvgIpc) is 2.72. The molecule has 0 radical (unpaired) electrons. The number of fused-ring (bicyclic) bond motifs is 1. The third-order valence-electron chi connectivity index (χ3n) is 4.26. The maximum atomic E-state index is 12.8. The number of carbonyl (C=O) groups excluding carboxylic acids is 1. The Kier molecular flexibility index (Phi) is 6.75. The highest BCUT2D eigenvalue weighted by molar-refractivity contribution is 6.32. The van der Waals surface area contributed by atoms with E-state index in [1.165, 1.54) is 12.1 Å². The van der Waals surface area contributed by atoms with Crippen LogP contribution in [-0.2, 0) is 15.7 Å². The summed E-state index contributed by atoms with van der Waals surface area (Å²) in [6.45, 7) is 5.15. The van der Waals surface area contributed by atoms with Gasteiger partial charge in [0.25, 0.3) is 0 Å². The Labute approximate surface area is 181 Å². The minimum Gasteiger partial charge on any atom is -0.479 e. The zero-order valence-corrected chi connectivity index (χ0v) is 17.2. The lowest BCUT2D eigenvalue weighted by atomic mass is 10.1. The summed E-state index contributed by atoms with van der Waals surface area (Å²) in [4.78, 5) is 11.8. The maximum Gasteiger partial charge on any atom is 0.416 e. The normalized spacial score (nSPS) is 12.3. The molecule has 0 spiro atoms. The molecule has 31 heavy (non-hydrogen) atoms. The number of esters is 1. The molecule has 3 aromatic carbocycles. The molecule has 0 saturated carbocycles. The summed E-state index contributed by atoms with van der Waals surface area (Å²) in [6, 6.07) is 13.3. The molecule has 3 rings (SSSR count). The lowest BCUT2D eigenvalue weighted by Gasteiger charge is -2.14. The highest BCUT2D eigenvalue weighted by atomic mass is 35.5. The summed E-state index contributed by atoms with van der Waals surface area (Å²) < 4.78 is 54.6. The van der Waals surface area contributed by atoms with Crippen LogP contribution in [0.25, 0.3) is 10.8 Å². The molecule has 0 N–H and O–H groups in total. The second kappa shape index (κ2) is 9.31. The fraction of sp³-hybridized carbons (Fsp3) is 0.174. The number of ether oxygens (including phenoxy) is 3. The van der Waals surface area contributed by atoms with E-state index in [1.807, 2.05) is 0 Å². The molecule has 0 amide bonds. The molecule has 4 nitrogen and oxygen atoms in total. The van der Waals surface area contributed by atoms with Gasteiger partial charge in [0.15, 0.2) is 6.10 Å². The van der Waals surface area contributed by atoms with Crippen LogP contribution in [0.3, 0.4) is 0 Å². The molecule has 0 aromatic heterocycles. The van der Waals surface area contributed by atoms with E-state index in [4.69, 9.17) is 25.8 Å². The van der Waals surface area contributed by atoms with Crippen molar-refractivity contribution >= 4 is 28.3 Å². The van der Waals surface area contributed by atoms with Crippen LogP contribution in [0, 0.1) is 0 Å². The van der Waals surface area contributed by atoms with Crippen molar-refractivity contribution in [2.24, 2.45) is 0 Å². The first-order valence-electron chi connectivity index (χ1n) is 9.20. The van der Waals surface area contributed by atoms with Gasteiger partial charge < -0.3 is 14.2 Å². The molecule has 8 heteroatoms. The Balaban J connectivity index is 1.79. The van der Waals surface area contributed by atoms with Crippen molar-refractivity contribution in [1.82, 2.24) is 0 Å². The molecule has 1 atom stereocenters. The number of benzene rings is 3. The molecule has 0 heterocycles. The molecule has 0 bridgehead atoms. The van der Waals surface area contributed by atoms with Gasteiger partial charge in [0, 0.05) is 0 Å². The van der Waals surface area contributed by atoms with Gasteiger partial charge in [0.1, 0.15) is 23.9 Å². The topological polar surface area (TPSA) is 44.8 Å². The van der Waals surface area contributed by atoms with Crippen LogP contribution in [0.1, 0.15) is 12.5 Å². The second-order valence-electron chi connectivity index (χ2n) is 6.59. The Morgan fingerprint density at radius 3 is 2.39 bits per heavy atom. The summed E-state index contributed by atoms with van der Waals surface area (Å²) in [5.74, 6) is 0.402. The number of carbonyl (C=O) groups is 1.